The molecule has 3 aromatic rings. The number of halogens is 1. The molecule has 0 bridgehead atoms. The van der Waals surface area contributed by atoms with Crippen molar-refractivity contribution >= 4 is 17.2 Å². The van der Waals surface area contributed by atoms with Gasteiger partial charge in [-0.25, -0.2) is 13.9 Å². The van der Waals surface area contributed by atoms with Gasteiger partial charge in [0, 0.05) is 5.69 Å². The van der Waals surface area contributed by atoms with Gasteiger partial charge < -0.3 is 5.32 Å². The van der Waals surface area contributed by atoms with E-state index < -0.39 is 0 Å². The lowest BCUT2D eigenvalue weighted by atomic mass is 10.3. The van der Waals surface area contributed by atoms with E-state index in [0.29, 0.717) is 11.3 Å². The molecule has 2 aromatic heterocycles. The first-order chi connectivity index (χ1) is 10.0. The molecule has 1 amide bonds. The Morgan fingerprint density at radius 2 is 1.86 bits per heavy atom. The number of carbonyl (C=O) groups excluding carboxylic acids is 1. The second kappa shape index (κ2) is 4.97. The number of aryl methyl sites for hydroxylation is 2. The SMILES string of the molecule is Cc1nc2ccc(C(=O)Nc3ccc(F)cc3)nn2c1C. The molecule has 0 aliphatic carbocycles. The number of carbonyl (C=O) groups is 1. The Morgan fingerprint density at radius 1 is 1.14 bits per heavy atom. The number of rotatable bonds is 2. The van der Waals surface area contributed by atoms with Gasteiger partial charge in [-0.3, -0.25) is 4.79 Å². The molecule has 0 unspecified atom stereocenters. The predicted octanol–water partition coefficient (Wildman–Crippen LogP) is 2.74. The van der Waals surface area contributed by atoms with Crippen LogP contribution in [0.1, 0.15) is 21.9 Å². The summed E-state index contributed by atoms with van der Waals surface area (Å²) in [7, 11) is 0. The van der Waals surface area contributed by atoms with E-state index >= 15 is 0 Å². The smallest absolute Gasteiger partial charge is 0.276 e. The Balaban J connectivity index is 1.90. The number of aromatic nitrogens is 3. The second-order valence-corrected chi connectivity index (χ2v) is 4.73. The van der Waals surface area contributed by atoms with Gasteiger partial charge in [-0.2, -0.15) is 5.10 Å². The summed E-state index contributed by atoms with van der Waals surface area (Å²) in [6, 6.07) is 8.93. The summed E-state index contributed by atoms with van der Waals surface area (Å²) in [5.41, 5.74) is 3.25. The van der Waals surface area contributed by atoms with E-state index in [9.17, 15) is 9.18 Å². The van der Waals surface area contributed by atoms with E-state index in [-0.39, 0.29) is 17.4 Å². The van der Waals surface area contributed by atoms with Crippen molar-refractivity contribution in [3.63, 3.8) is 0 Å². The lowest BCUT2D eigenvalue weighted by Gasteiger charge is -2.05. The summed E-state index contributed by atoms with van der Waals surface area (Å²) < 4.78 is 14.5. The van der Waals surface area contributed by atoms with Gasteiger partial charge in [0.1, 0.15) is 11.5 Å². The minimum atomic E-state index is -0.353. The maximum Gasteiger partial charge on any atom is 0.276 e. The second-order valence-electron chi connectivity index (χ2n) is 4.73. The molecule has 21 heavy (non-hydrogen) atoms. The third kappa shape index (κ3) is 2.47. The van der Waals surface area contributed by atoms with Crippen LogP contribution in [0.3, 0.4) is 0 Å². The topological polar surface area (TPSA) is 59.3 Å². The first-order valence-electron chi connectivity index (χ1n) is 6.44. The predicted molar refractivity (Wildman–Crippen MR) is 76.8 cm³/mol. The highest BCUT2D eigenvalue weighted by atomic mass is 19.1. The third-order valence-corrected chi connectivity index (χ3v) is 3.27. The van der Waals surface area contributed by atoms with Crippen LogP contribution in [0, 0.1) is 19.7 Å². The van der Waals surface area contributed by atoms with Crippen LogP contribution >= 0.6 is 0 Å². The zero-order valence-electron chi connectivity index (χ0n) is 11.6. The van der Waals surface area contributed by atoms with Crippen molar-refractivity contribution in [3.05, 3.63) is 59.3 Å². The minimum absolute atomic E-state index is 0.271. The van der Waals surface area contributed by atoms with E-state index in [0.717, 1.165) is 11.4 Å². The van der Waals surface area contributed by atoms with Gasteiger partial charge >= 0.3 is 0 Å². The van der Waals surface area contributed by atoms with Crippen molar-refractivity contribution in [2.75, 3.05) is 5.32 Å². The Hall–Kier alpha value is -2.76. The van der Waals surface area contributed by atoms with Crippen molar-refractivity contribution in [2.45, 2.75) is 13.8 Å². The average molecular weight is 284 g/mol. The number of benzene rings is 1. The van der Waals surface area contributed by atoms with Crippen LogP contribution in [-0.4, -0.2) is 20.5 Å². The quantitative estimate of drug-likeness (QED) is 0.787. The van der Waals surface area contributed by atoms with Crippen LogP contribution in [0.15, 0.2) is 36.4 Å². The van der Waals surface area contributed by atoms with Crippen LogP contribution in [0.2, 0.25) is 0 Å². The molecule has 5 nitrogen and oxygen atoms in total. The number of nitrogens with one attached hydrogen (secondary N) is 1. The Bertz CT molecular complexity index is 824. The maximum atomic E-state index is 12.8. The van der Waals surface area contributed by atoms with Crippen molar-refractivity contribution in [2.24, 2.45) is 0 Å². The van der Waals surface area contributed by atoms with Crippen molar-refractivity contribution in [1.29, 1.82) is 0 Å². The number of hydrogen-bond donors (Lipinski definition) is 1. The van der Waals surface area contributed by atoms with Gasteiger partial charge in [0.2, 0.25) is 0 Å². The summed E-state index contributed by atoms with van der Waals surface area (Å²) in [6.07, 6.45) is 0. The summed E-state index contributed by atoms with van der Waals surface area (Å²) in [4.78, 5) is 16.5. The number of fused-ring (bicyclic) bond motifs is 1. The molecule has 0 aliphatic rings. The van der Waals surface area contributed by atoms with Crippen LogP contribution in [-0.2, 0) is 0 Å². The van der Waals surface area contributed by atoms with Crippen molar-refractivity contribution < 1.29 is 9.18 Å². The zero-order valence-corrected chi connectivity index (χ0v) is 11.6. The normalized spacial score (nSPS) is 10.8. The fourth-order valence-electron chi connectivity index (χ4n) is 2.00. The molecule has 2 heterocycles. The van der Waals surface area contributed by atoms with Gasteiger partial charge in [-0.15, -0.1) is 0 Å². The summed E-state index contributed by atoms with van der Waals surface area (Å²) >= 11 is 0. The Kier molecular flexibility index (Phi) is 3.13. The molecule has 0 aliphatic heterocycles. The number of nitrogens with zero attached hydrogens (tertiary/aromatic N) is 3. The van der Waals surface area contributed by atoms with Crippen molar-refractivity contribution in [3.8, 4) is 0 Å². The number of amides is 1. The summed E-state index contributed by atoms with van der Waals surface area (Å²) in [6.45, 7) is 3.78. The summed E-state index contributed by atoms with van der Waals surface area (Å²) in [5, 5.41) is 6.95. The molecule has 106 valence electrons. The van der Waals surface area contributed by atoms with E-state index in [1.54, 1.807) is 16.6 Å². The standard InChI is InChI=1S/C15H13FN4O/c1-9-10(2)20-14(17-9)8-7-13(19-20)15(21)18-12-5-3-11(16)4-6-12/h3-8H,1-2H3,(H,18,21). The zero-order chi connectivity index (χ0) is 15.0. The highest BCUT2D eigenvalue weighted by Crippen LogP contribution is 2.12. The first kappa shape index (κ1) is 13.2. The molecule has 0 saturated heterocycles. The monoisotopic (exact) mass is 284 g/mol. The van der Waals surface area contributed by atoms with Crippen LogP contribution in [0.25, 0.3) is 5.65 Å². The molecule has 3 rings (SSSR count). The van der Waals surface area contributed by atoms with Gasteiger partial charge in [0.05, 0.1) is 11.4 Å². The molecule has 0 saturated carbocycles. The van der Waals surface area contributed by atoms with Gasteiger partial charge in [-0.05, 0) is 50.2 Å². The maximum absolute atomic E-state index is 12.8. The minimum Gasteiger partial charge on any atom is -0.321 e. The summed E-state index contributed by atoms with van der Waals surface area (Å²) in [5.74, 6) is -0.702. The Labute approximate surface area is 120 Å². The first-order valence-corrected chi connectivity index (χ1v) is 6.44. The van der Waals surface area contributed by atoms with Gasteiger partial charge in [-0.1, -0.05) is 0 Å². The van der Waals surface area contributed by atoms with Crippen LogP contribution < -0.4 is 5.32 Å². The van der Waals surface area contributed by atoms with E-state index in [1.165, 1.54) is 24.3 Å². The fourth-order valence-corrected chi connectivity index (χ4v) is 2.00. The number of imidazole rings is 1. The molecule has 0 atom stereocenters. The lowest BCUT2D eigenvalue weighted by Crippen LogP contribution is -2.15. The average Bonchev–Trinajstić information content (AvgIpc) is 2.76. The highest BCUT2D eigenvalue weighted by Gasteiger charge is 2.11. The Morgan fingerprint density at radius 3 is 2.57 bits per heavy atom. The lowest BCUT2D eigenvalue weighted by molar-refractivity contribution is 0.102. The van der Waals surface area contributed by atoms with E-state index in [4.69, 9.17) is 0 Å². The van der Waals surface area contributed by atoms with Crippen molar-refractivity contribution in [1.82, 2.24) is 14.6 Å². The number of hydrogen-bond acceptors (Lipinski definition) is 3. The third-order valence-electron chi connectivity index (χ3n) is 3.27. The highest BCUT2D eigenvalue weighted by molar-refractivity contribution is 6.02. The molecule has 0 radical (unpaired) electrons. The van der Waals surface area contributed by atoms with Gasteiger partial charge in [0.25, 0.3) is 5.91 Å². The molecular weight excluding hydrogens is 271 g/mol. The van der Waals surface area contributed by atoms with Crippen LogP contribution in [0.4, 0.5) is 10.1 Å². The fraction of sp³-hybridized carbons (Fsp3) is 0.133. The molecule has 0 fully saturated rings. The molecule has 6 heteroatoms. The molecule has 1 aromatic carbocycles. The number of anilines is 1. The molecule has 1 N–H and O–H groups in total. The largest absolute Gasteiger partial charge is 0.321 e. The molecular formula is C15H13FN4O. The van der Waals surface area contributed by atoms with E-state index in [2.05, 4.69) is 15.4 Å². The van der Waals surface area contributed by atoms with Crippen LogP contribution in [0.5, 0.6) is 0 Å². The molecule has 0 spiro atoms. The van der Waals surface area contributed by atoms with E-state index in [1.807, 2.05) is 13.8 Å². The van der Waals surface area contributed by atoms with Gasteiger partial charge in [0.15, 0.2) is 5.65 Å².